The Morgan fingerprint density at radius 2 is 1.95 bits per heavy atom. The number of likely N-dealkylation sites (N-methyl/N-ethyl adjacent to an activating group) is 1. The number of hydrogen-bond donors (Lipinski definition) is 1. The average Bonchev–Trinajstić information content (AvgIpc) is 2.71. The van der Waals surface area contributed by atoms with Gasteiger partial charge in [0.15, 0.2) is 0 Å². The van der Waals surface area contributed by atoms with Crippen molar-refractivity contribution in [3.05, 3.63) is 35.9 Å². The highest BCUT2D eigenvalue weighted by atomic mass is 15.2. The van der Waals surface area contributed by atoms with Crippen LogP contribution in [0.5, 0.6) is 0 Å². The molecule has 1 fully saturated rings. The van der Waals surface area contributed by atoms with E-state index in [2.05, 4.69) is 61.3 Å². The SMILES string of the molecule is CCNCC(C)(CN1CCCCCC1C)c1ccccc1. The van der Waals surface area contributed by atoms with Crippen molar-refractivity contribution in [2.75, 3.05) is 26.2 Å². The van der Waals surface area contributed by atoms with Crippen molar-refractivity contribution in [1.29, 1.82) is 0 Å². The van der Waals surface area contributed by atoms with E-state index in [4.69, 9.17) is 0 Å². The van der Waals surface area contributed by atoms with E-state index in [0.29, 0.717) is 0 Å². The van der Waals surface area contributed by atoms with Gasteiger partial charge in [-0.25, -0.2) is 0 Å². The maximum atomic E-state index is 3.58. The lowest BCUT2D eigenvalue weighted by molar-refractivity contribution is 0.166. The summed E-state index contributed by atoms with van der Waals surface area (Å²) in [6, 6.07) is 11.8. The van der Waals surface area contributed by atoms with Gasteiger partial charge in [-0.15, -0.1) is 0 Å². The smallest absolute Gasteiger partial charge is 0.0177 e. The Morgan fingerprint density at radius 3 is 2.67 bits per heavy atom. The third kappa shape index (κ3) is 4.55. The molecule has 2 heteroatoms. The summed E-state index contributed by atoms with van der Waals surface area (Å²) < 4.78 is 0. The van der Waals surface area contributed by atoms with Crippen LogP contribution in [0.4, 0.5) is 0 Å². The summed E-state index contributed by atoms with van der Waals surface area (Å²) in [5, 5.41) is 3.58. The first-order valence-corrected chi connectivity index (χ1v) is 8.66. The molecule has 21 heavy (non-hydrogen) atoms. The molecule has 0 saturated carbocycles. The van der Waals surface area contributed by atoms with Crippen LogP contribution >= 0.6 is 0 Å². The van der Waals surface area contributed by atoms with Crippen LogP contribution in [0.2, 0.25) is 0 Å². The van der Waals surface area contributed by atoms with Gasteiger partial charge >= 0.3 is 0 Å². The lowest BCUT2D eigenvalue weighted by atomic mass is 9.81. The molecule has 2 rings (SSSR count). The first kappa shape index (κ1) is 16.5. The number of rotatable bonds is 6. The number of nitrogens with one attached hydrogen (secondary N) is 1. The minimum atomic E-state index is 0.190. The van der Waals surface area contributed by atoms with Crippen LogP contribution in [0.15, 0.2) is 30.3 Å². The van der Waals surface area contributed by atoms with Crippen LogP contribution in [-0.4, -0.2) is 37.1 Å². The minimum Gasteiger partial charge on any atom is -0.316 e. The molecule has 1 aliphatic heterocycles. The molecule has 2 atom stereocenters. The van der Waals surface area contributed by atoms with E-state index in [1.165, 1.54) is 37.8 Å². The lowest BCUT2D eigenvalue weighted by Crippen LogP contribution is -2.48. The maximum Gasteiger partial charge on any atom is 0.0177 e. The van der Waals surface area contributed by atoms with E-state index in [1.807, 2.05) is 0 Å². The molecular formula is C19H32N2. The highest BCUT2D eigenvalue weighted by Crippen LogP contribution is 2.27. The van der Waals surface area contributed by atoms with E-state index in [-0.39, 0.29) is 5.41 Å². The van der Waals surface area contributed by atoms with Crippen molar-refractivity contribution in [2.45, 2.75) is 57.9 Å². The summed E-state index contributed by atoms with van der Waals surface area (Å²) in [4.78, 5) is 2.72. The van der Waals surface area contributed by atoms with Gasteiger partial charge in [0.1, 0.15) is 0 Å². The Hall–Kier alpha value is -0.860. The zero-order valence-electron chi connectivity index (χ0n) is 14.1. The third-order valence-corrected chi connectivity index (χ3v) is 4.98. The number of nitrogens with zero attached hydrogens (tertiary/aromatic N) is 1. The van der Waals surface area contributed by atoms with Crippen molar-refractivity contribution in [2.24, 2.45) is 0 Å². The largest absolute Gasteiger partial charge is 0.316 e. The Labute approximate surface area is 130 Å². The molecule has 2 unspecified atom stereocenters. The second kappa shape index (κ2) is 7.95. The second-order valence-electron chi connectivity index (χ2n) is 6.88. The third-order valence-electron chi connectivity index (χ3n) is 4.98. The van der Waals surface area contributed by atoms with E-state index >= 15 is 0 Å². The van der Waals surface area contributed by atoms with E-state index in [1.54, 1.807) is 0 Å². The molecule has 1 aromatic rings. The normalized spacial score (nSPS) is 23.5. The van der Waals surface area contributed by atoms with Gasteiger partial charge in [-0.05, 0) is 38.4 Å². The van der Waals surface area contributed by atoms with Gasteiger partial charge in [-0.1, -0.05) is 57.0 Å². The van der Waals surface area contributed by atoms with E-state index < -0.39 is 0 Å². The Morgan fingerprint density at radius 1 is 1.19 bits per heavy atom. The quantitative estimate of drug-likeness (QED) is 0.856. The van der Waals surface area contributed by atoms with Crippen molar-refractivity contribution >= 4 is 0 Å². The van der Waals surface area contributed by atoms with Gasteiger partial charge in [-0.2, -0.15) is 0 Å². The maximum absolute atomic E-state index is 3.58. The number of likely N-dealkylation sites (tertiary alicyclic amines) is 1. The molecule has 118 valence electrons. The van der Waals surface area contributed by atoms with Crippen molar-refractivity contribution in [3.63, 3.8) is 0 Å². The summed E-state index contributed by atoms with van der Waals surface area (Å²) in [5.41, 5.74) is 1.65. The van der Waals surface area contributed by atoms with Gasteiger partial charge in [0.05, 0.1) is 0 Å². The van der Waals surface area contributed by atoms with Crippen molar-refractivity contribution < 1.29 is 0 Å². The predicted octanol–water partition coefficient (Wildman–Crippen LogP) is 3.82. The average molecular weight is 288 g/mol. The van der Waals surface area contributed by atoms with Crippen LogP contribution in [0.3, 0.4) is 0 Å². The molecule has 1 heterocycles. The Kier molecular flexibility index (Phi) is 6.25. The summed E-state index contributed by atoms with van der Waals surface area (Å²) >= 11 is 0. The van der Waals surface area contributed by atoms with Crippen molar-refractivity contribution in [1.82, 2.24) is 10.2 Å². The number of hydrogen-bond acceptors (Lipinski definition) is 2. The van der Waals surface area contributed by atoms with Crippen LogP contribution < -0.4 is 5.32 Å². The summed E-state index contributed by atoms with van der Waals surface area (Å²) in [6.45, 7) is 11.5. The Bertz CT molecular complexity index is 403. The van der Waals surface area contributed by atoms with Crippen LogP contribution in [0, 0.1) is 0 Å². The van der Waals surface area contributed by atoms with E-state index in [0.717, 1.165) is 25.7 Å². The second-order valence-corrected chi connectivity index (χ2v) is 6.88. The molecule has 0 amide bonds. The number of benzene rings is 1. The van der Waals surface area contributed by atoms with Crippen LogP contribution in [0.25, 0.3) is 0 Å². The first-order chi connectivity index (χ1) is 10.2. The molecule has 1 aliphatic rings. The first-order valence-electron chi connectivity index (χ1n) is 8.66. The molecule has 0 aromatic heterocycles. The topological polar surface area (TPSA) is 15.3 Å². The molecule has 2 nitrogen and oxygen atoms in total. The summed E-state index contributed by atoms with van der Waals surface area (Å²) in [7, 11) is 0. The summed E-state index contributed by atoms with van der Waals surface area (Å²) in [6.07, 6.45) is 5.51. The molecule has 0 spiro atoms. The minimum absolute atomic E-state index is 0.190. The van der Waals surface area contributed by atoms with Gasteiger partial charge in [-0.3, -0.25) is 4.90 Å². The van der Waals surface area contributed by atoms with Gasteiger partial charge in [0.25, 0.3) is 0 Å². The Balaban J connectivity index is 2.15. The zero-order valence-corrected chi connectivity index (χ0v) is 14.1. The van der Waals surface area contributed by atoms with Gasteiger partial charge in [0, 0.05) is 24.5 Å². The standard InChI is InChI=1S/C19H32N2/c1-4-20-15-19(3,18-12-8-5-9-13-18)16-21-14-10-6-7-11-17(21)2/h5,8-9,12-13,17,20H,4,6-7,10-11,14-16H2,1-3H3. The predicted molar refractivity (Wildman–Crippen MR) is 91.8 cm³/mol. The molecule has 0 aliphatic carbocycles. The molecule has 0 bridgehead atoms. The fraction of sp³-hybridized carbons (Fsp3) is 0.684. The summed E-state index contributed by atoms with van der Waals surface area (Å²) in [5.74, 6) is 0. The molecular weight excluding hydrogens is 256 g/mol. The molecule has 1 N–H and O–H groups in total. The monoisotopic (exact) mass is 288 g/mol. The van der Waals surface area contributed by atoms with E-state index in [9.17, 15) is 0 Å². The fourth-order valence-electron chi connectivity index (χ4n) is 3.51. The van der Waals surface area contributed by atoms with Crippen LogP contribution in [-0.2, 0) is 5.41 Å². The highest BCUT2D eigenvalue weighted by molar-refractivity contribution is 5.25. The van der Waals surface area contributed by atoms with Gasteiger partial charge < -0.3 is 5.32 Å². The van der Waals surface area contributed by atoms with Crippen LogP contribution in [0.1, 0.15) is 52.0 Å². The molecule has 1 aromatic carbocycles. The fourth-order valence-corrected chi connectivity index (χ4v) is 3.51. The zero-order chi connectivity index (χ0) is 15.1. The van der Waals surface area contributed by atoms with Crippen molar-refractivity contribution in [3.8, 4) is 0 Å². The molecule has 0 radical (unpaired) electrons. The van der Waals surface area contributed by atoms with Gasteiger partial charge in [0.2, 0.25) is 0 Å². The highest BCUT2D eigenvalue weighted by Gasteiger charge is 2.30. The molecule has 1 saturated heterocycles. The lowest BCUT2D eigenvalue weighted by Gasteiger charge is -2.38.